The number of thiazole rings is 1. The first kappa shape index (κ1) is 22.2. The summed E-state index contributed by atoms with van der Waals surface area (Å²) in [5, 5.41) is 6.07. The Morgan fingerprint density at radius 1 is 0.970 bits per heavy atom. The lowest BCUT2D eigenvalue weighted by atomic mass is 9.83. The van der Waals surface area contributed by atoms with Gasteiger partial charge in [0, 0.05) is 26.5 Å². The highest BCUT2D eigenvalue weighted by Gasteiger charge is 2.52. The maximum absolute atomic E-state index is 12.9. The Labute approximate surface area is 206 Å². The van der Waals surface area contributed by atoms with Crippen LogP contribution >= 0.6 is 46.3 Å². The number of imide groups is 1. The fourth-order valence-corrected chi connectivity index (χ4v) is 7.07. The standard InChI is InChI=1S/C22H15Cl2N3O4S2/c23-11-3-1-10(2-4-11)15-16-17(20(30)26-19(16)29)32-21-18(15)33-22(31)27(21)9-14(28)25-13-7-5-12(24)6-8-13/h1-8,15-17H,9H2,(H,25,28)(H,26,29,30)/t15-,16+,17-/m0/s1. The molecular weight excluding hydrogens is 505 g/mol. The second kappa shape index (κ2) is 8.64. The van der Waals surface area contributed by atoms with Crippen LogP contribution in [0, 0.1) is 5.92 Å². The van der Waals surface area contributed by atoms with Crippen molar-refractivity contribution >= 4 is 69.7 Å². The Balaban J connectivity index is 1.52. The highest BCUT2D eigenvalue weighted by atomic mass is 35.5. The molecule has 1 fully saturated rings. The number of hydrogen-bond donors (Lipinski definition) is 2. The minimum absolute atomic E-state index is 0.222. The molecule has 0 aliphatic carbocycles. The van der Waals surface area contributed by atoms with E-state index in [1.807, 2.05) is 0 Å². The molecule has 3 atom stereocenters. The summed E-state index contributed by atoms with van der Waals surface area (Å²) in [5.74, 6) is -2.29. The van der Waals surface area contributed by atoms with Gasteiger partial charge in [-0.25, -0.2) is 0 Å². The third kappa shape index (κ3) is 4.10. The number of anilines is 1. The van der Waals surface area contributed by atoms with E-state index in [0.717, 1.165) is 28.7 Å². The second-order valence-corrected chi connectivity index (χ2v) is 10.6. The molecule has 11 heteroatoms. The van der Waals surface area contributed by atoms with Gasteiger partial charge >= 0.3 is 4.87 Å². The highest BCUT2D eigenvalue weighted by Crippen LogP contribution is 2.51. The normalized spacial score (nSPS) is 21.3. The summed E-state index contributed by atoms with van der Waals surface area (Å²) in [4.78, 5) is 51.1. The predicted molar refractivity (Wildman–Crippen MR) is 128 cm³/mol. The molecule has 2 aliphatic rings. The molecule has 0 bridgehead atoms. The second-order valence-electron chi connectivity index (χ2n) is 7.63. The van der Waals surface area contributed by atoms with E-state index in [1.165, 1.54) is 4.57 Å². The first-order valence-corrected chi connectivity index (χ1v) is 12.3. The van der Waals surface area contributed by atoms with Crippen LogP contribution in [-0.4, -0.2) is 27.5 Å². The van der Waals surface area contributed by atoms with Crippen LogP contribution in [0.25, 0.3) is 0 Å². The number of hydrogen-bond acceptors (Lipinski definition) is 6. The van der Waals surface area contributed by atoms with Gasteiger partial charge in [0.05, 0.1) is 10.9 Å². The minimum Gasteiger partial charge on any atom is -0.325 e. The van der Waals surface area contributed by atoms with Gasteiger partial charge in [0.25, 0.3) is 0 Å². The minimum atomic E-state index is -0.690. The first-order valence-electron chi connectivity index (χ1n) is 9.87. The fraction of sp³-hybridized carbons (Fsp3) is 0.182. The summed E-state index contributed by atoms with van der Waals surface area (Å²) in [5.41, 5.74) is 1.33. The van der Waals surface area contributed by atoms with Crippen LogP contribution in [-0.2, 0) is 20.9 Å². The van der Waals surface area contributed by atoms with Crippen molar-refractivity contribution < 1.29 is 14.4 Å². The highest BCUT2D eigenvalue weighted by molar-refractivity contribution is 8.00. The van der Waals surface area contributed by atoms with Crippen LogP contribution in [0.5, 0.6) is 0 Å². The molecular formula is C22H15Cl2N3O4S2. The monoisotopic (exact) mass is 519 g/mol. The van der Waals surface area contributed by atoms with Crippen LogP contribution in [0.2, 0.25) is 10.0 Å². The van der Waals surface area contributed by atoms with Crippen molar-refractivity contribution in [3.63, 3.8) is 0 Å². The number of thioether (sulfide) groups is 1. The zero-order valence-corrected chi connectivity index (χ0v) is 19.9. The van der Waals surface area contributed by atoms with Crippen LogP contribution in [0.15, 0.2) is 58.4 Å². The number of benzene rings is 2. The Morgan fingerprint density at radius 3 is 2.27 bits per heavy atom. The van der Waals surface area contributed by atoms with E-state index in [0.29, 0.717) is 25.6 Å². The maximum atomic E-state index is 12.9. The molecule has 0 unspecified atom stereocenters. The quantitative estimate of drug-likeness (QED) is 0.511. The molecule has 33 heavy (non-hydrogen) atoms. The number of carbonyl (C=O) groups is 3. The van der Waals surface area contributed by atoms with Crippen molar-refractivity contribution in [3.05, 3.63) is 78.7 Å². The lowest BCUT2D eigenvalue weighted by Gasteiger charge is -2.30. The number of nitrogens with one attached hydrogen (secondary N) is 2. The van der Waals surface area contributed by atoms with E-state index in [4.69, 9.17) is 23.2 Å². The Kier molecular flexibility index (Phi) is 5.82. The zero-order valence-electron chi connectivity index (χ0n) is 16.7. The number of halogens is 2. The number of amides is 3. The SMILES string of the molecule is O=C(Cn1c2c(sc1=O)[C@@H](c1ccc(Cl)cc1)[C@H]1C(=O)NC(=O)[C@H]1S2)Nc1ccc(Cl)cc1. The summed E-state index contributed by atoms with van der Waals surface area (Å²) in [7, 11) is 0. The molecule has 0 saturated carbocycles. The summed E-state index contributed by atoms with van der Waals surface area (Å²) >= 11 is 14.1. The third-order valence-electron chi connectivity index (χ3n) is 5.55. The van der Waals surface area contributed by atoms with E-state index < -0.39 is 28.9 Å². The summed E-state index contributed by atoms with van der Waals surface area (Å²) in [6, 6.07) is 13.6. The van der Waals surface area contributed by atoms with Crippen LogP contribution in [0.1, 0.15) is 16.4 Å². The summed E-state index contributed by atoms with van der Waals surface area (Å²) in [6.07, 6.45) is 0. The molecule has 2 N–H and O–H groups in total. The van der Waals surface area contributed by atoms with E-state index in [1.54, 1.807) is 48.5 Å². The van der Waals surface area contributed by atoms with Gasteiger partial charge in [-0.2, -0.15) is 0 Å². The molecule has 3 amide bonds. The summed E-state index contributed by atoms with van der Waals surface area (Å²) in [6.45, 7) is -0.222. The average molecular weight is 520 g/mol. The largest absolute Gasteiger partial charge is 0.325 e. The van der Waals surface area contributed by atoms with Gasteiger partial charge in [-0.15, -0.1) is 0 Å². The number of nitrogens with zero attached hydrogens (tertiary/aromatic N) is 1. The Hall–Kier alpha value is -2.59. The summed E-state index contributed by atoms with van der Waals surface area (Å²) < 4.78 is 1.37. The van der Waals surface area contributed by atoms with Crippen molar-refractivity contribution in [2.75, 3.05) is 5.32 Å². The lowest BCUT2D eigenvalue weighted by molar-refractivity contribution is -0.126. The van der Waals surface area contributed by atoms with Crippen LogP contribution in [0.4, 0.5) is 5.69 Å². The molecule has 3 heterocycles. The van der Waals surface area contributed by atoms with Gasteiger partial charge in [0.15, 0.2) is 0 Å². The number of carbonyl (C=O) groups excluding carboxylic acids is 3. The Morgan fingerprint density at radius 2 is 1.61 bits per heavy atom. The number of rotatable bonds is 4. The number of fused-ring (bicyclic) bond motifs is 2. The third-order valence-corrected chi connectivity index (χ3v) is 8.67. The van der Waals surface area contributed by atoms with Crippen molar-refractivity contribution in [1.82, 2.24) is 9.88 Å². The fourth-order valence-electron chi connectivity index (χ4n) is 4.08. The molecule has 2 aromatic carbocycles. The molecule has 5 rings (SSSR count). The molecule has 168 valence electrons. The van der Waals surface area contributed by atoms with Crippen molar-refractivity contribution in [2.24, 2.45) is 5.92 Å². The van der Waals surface area contributed by atoms with Crippen molar-refractivity contribution in [3.8, 4) is 0 Å². The van der Waals surface area contributed by atoms with E-state index in [2.05, 4.69) is 10.6 Å². The van der Waals surface area contributed by atoms with E-state index in [9.17, 15) is 19.2 Å². The van der Waals surface area contributed by atoms with E-state index >= 15 is 0 Å². The maximum Gasteiger partial charge on any atom is 0.308 e. The molecule has 1 saturated heterocycles. The van der Waals surface area contributed by atoms with Gasteiger partial charge in [-0.3, -0.25) is 29.1 Å². The lowest BCUT2D eigenvalue weighted by Crippen LogP contribution is -2.32. The van der Waals surface area contributed by atoms with Crippen molar-refractivity contribution in [2.45, 2.75) is 22.7 Å². The van der Waals surface area contributed by atoms with Crippen LogP contribution < -0.4 is 15.5 Å². The smallest absolute Gasteiger partial charge is 0.308 e. The molecule has 3 aromatic rings. The topological polar surface area (TPSA) is 97.3 Å². The van der Waals surface area contributed by atoms with Crippen molar-refractivity contribution in [1.29, 1.82) is 0 Å². The van der Waals surface area contributed by atoms with Gasteiger partial charge in [0.1, 0.15) is 11.8 Å². The average Bonchev–Trinajstić information content (AvgIpc) is 3.24. The van der Waals surface area contributed by atoms with Gasteiger partial charge in [0.2, 0.25) is 17.7 Å². The molecule has 2 aliphatic heterocycles. The molecule has 1 aromatic heterocycles. The van der Waals surface area contributed by atoms with Gasteiger partial charge in [-0.05, 0) is 42.0 Å². The molecule has 7 nitrogen and oxygen atoms in total. The number of aromatic nitrogens is 1. The van der Waals surface area contributed by atoms with Gasteiger partial charge < -0.3 is 5.32 Å². The Bertz CT molecular complexity index is 1340. The van der Waals surface area contributed by atoms with E-state index in [-0.39, 0.29) is 17.3 Å². The molecule has 0 spiro atoms. The predicted octanol–water partition coefficient (Wildman–Crippen LogP) is 3.73. The van der Waals surface area contributed by atoms with Crippen LogP contribution in [0.3, 0.4) is 0 Å². The zero-order chi connectivity index (χ0) is 23.3. The van der Waals surface area contributed by atoms with Gasteiger partial charge in [-0.1, -0.05) is 58.4 Å². The first-order chi connectivity index (χ1) is 15.8. The molecule has 0 radical (unpaired) electrons.